The Hall–Kier alpha value is -0.370. The van der Waals surface area contributed by atoms with Gasteiger partial charge in [-0.2, -0.15) is 0 Å². The van der Waals surface area contributed by atoms with E-state index in [0.29, 0.717) is 11.7 Å². The van der Waals surface area contributed by atoms with E-state index in [4.69, 9.17) is 10.2 Å². The summed E-state index contributed by atoms with van der Waals surface area (Å²) in [5.41, 5.74) is 5.47. The van der Waals surface area contributed by atoms with Crippen LogP contribution in [-0.4, -0.2) is 14.5 Å². The van der Waals surface area contributed by atoms with Crippen molar-refractivity contribution in [3.63, 3.8) is 0 Å². The van der Waals surface area contributed by atoms with Gasteiger partial charge in [-0.3, -0.25) is 0 Å². The van der Waals surface area contributed by atoms with E-state index in [9.17, 15) is 8.42 Å². The summed E-state index contributed by atoms with van der Waals surface area (Å²) in [4.78, 5) is 0.137. The van der Waals surface area contributed by atoms with Crippen LogP contribution in [0.2, 0.25) is 0 Å². The molecule has 0 bridgehead atoms. The molecular formula is C13H21BrN2O3S. The van der Waals surface area contributed by atoms with Gasteiger partial charge in [0.1, 0.15) is 10.7 Å². The lowest BCUT2D eigenvalue weighted by Gasteiger charge is -2.31. The third kappa shape index (κ3) is 3.44. The third-order valence-corrected chi connectivity index (χ3v) is 6.28. The normalized spacial score (nSPS) is 23.9. The summed E-state index contributed by atoms with van der Waals surface area (Å²) in [6.45, 7) is 2.28. The first-order chi connectivity index (χ1) is 9.47. The Balaban J connectivity index is 2.19. The smallest absolute Gasteiger partial charge is 0.245 e. The number of rotatable bonds is 5. The van der Waals surface area contributed by atoms with E-state index in [2.05, 4.69) is 27.6 Å². The molecule has 1 aromatic heterocycles. The molecule has 0 amide bonds. The lowest BCUT2D eigenvalue weighted by atomic mass is 9.83. The maximum atomic E-state index is 12.5. The van der Waals surface area contributed by atoms with Gasteiger partial charge in [0.05, 0.1) is 6.54 Å². The molecule has 2 unspecified atom stereocenters. The Morgan fingerprint density at radius 3 is 2.75 bits per heavy atom. The van der Waals surface area contributed by atoms with Crippen LogP contribution >= 0.6 is 15.9 Å². The molecule has 2 rings (SSSR count). The molecule has 1 saturated carbocycles. The van der Waals surface area contributed by atoms with Crippen molar-refractivity contribution in [2.75, 3.05) is 0 Å². The molecule has 1 heterocycles. The SMILES string of the molecule is CCC1CCCCC1NS(=O)(=O)c1cc(CN)oc1Br. The van der Waals surface area contributed by atoms with Crippen molar-refractivity contribution in [3.05, 3.63) is 16.5 Å². The highest BCUT2D eigenvalue weighted by molar-refractivity contribution is 9.10. The molecule has 1 fully saturated rings. The Morgan fingerprint density at radius 1 is 1.45 bits per heavy atom. The van der Waals surface area contributed by atoms with Crippen molar-refractivity contribution in [1.82, 2.24) is 4.72 Å². The van der Waals surface area contributed by atoms with Gasteiger partial charge in [0.15, 0.2) is 4.67 Å². The van der Waals surface area contributed by atoms with Gasteiger partial charge in [0, 0.05) is 12.1 Å². The molecule has 0 aliphatic heterocycles. The summed E-state index contributed by atoms with van der Waals surface area (Å²) in [5.74, 6) is 0.867. The number of nitrogens with two attached hydrogens (primary N) is 1. The predicted molar refractivity (Wildman–Crippen MR) is 80.7 cm³/mol. The van der Waals surface area contributed by atoms with Crippen LogP contribution in [0, 0.1) is 5.92 Å². The lowest BCUT2D eigenvalue weighted by Crippen LogP contribution is -2.41. The van der Waals surface area contributed by atoms with E-state index in [1.807, 2.05) is 0 Å². The average molecular weight is 365 g/mol. The summed E-state index contributed by atoms with van der Waals surface area (Å²) in [5, 5.41) is 0. The Bertz CT molecular complexity index is 556. The molecule has 1 aliphatic carbocycles. The second kappa shape index (κ2) is 6.60. The van der Waals surface area contributed by atoms with Crippen molar-refractivity contribution >= 4 is 26.0 Å². The summed E-state index contributed by atoms with van der Waals surface area (Å²) in [6.07, 6.45) is 5.24. The quantitative estimate of drug-likeness (QED) is 0.840. The average Bonchev–Trinajstić information content (AvgIpc) is 2.81. The first-order valence-electron chi connectivity index (χ1n) is 6.98. The minimum atomic E-state index is -3.57. The molecule has 1 aromatic rings. The highest BCUT2D eigenvalue weighted by atomic mass is 79.9. The zero-order chi connectivity index (χ0) is 14.8. The lowest BCUT2D eigenvalue weighted by molar-refractivity contribution is 0.282. The fourth-order valence-corrected chi connectivity index (χ4v) is 5.13. The fourth-order valence-electron chi connectivity index (χ4n) is 2.80. The monoisotopic (exact) mass is 364 g/mol. The highest BCUT2D eigenvalue weighted by Gasteiger charge is 2.30. The van der Waals surface area contributed by atoms with Crippen LogP contribution < -0.4 is 10.5 Å². The van der Waals surface area contributed by atoms with Crippen molar-refractivity contribution < 1.29 is 12.8 Å². The van der Waals surface area contributed by atoms with Gasteiger partial charge < -0.3 is 10.2 Å². The van der Waals surface area contributed by atoms with Gasteiger partial charge in [-0.1, -0.05) is 26.2 Å². The number of furan rings is 1. The van der Waals surface area contributed by atoms with Crippen LogP contribution in [0.3, 0.4) is 0 Å². The molecule has 0 radical (unpaired) electrons. The van der Waals surface area contributed by atoms with Crippen molar-refractivity contribution in [1.29, 1.82) is 0 Å². The van der Waals surface area contributed by atoms with Gasteiger partial charge in [-0.15, -0.1) is 0 Å². The topological polar surface area (TPSA) is 85.3 Å². The summed E-state index contributed by atoms with van der Waals surface area (Å²) in [7, 11) is -3.57. The van der Waals surface area contributed by atoms with Gasteiger partial charge >= 0.3 is 0 Å². The zero-order valence-electron chi connectivity index (χ0n) is 11.6. The van der Waals surface area contributed by atoms with E-state index in [-0.39, 0.29) is 22.2 Å². The largest absolute Gasteiger partial charge is 0.452 e. The van der Waals surface area contributed by atoms with Crippen molar-refractivity contribution in [2.45, 2.75) is 56.5 Å². The minimum Gasteiger partial charge on any atom is -0.452 e. The van der Waals surface area contributed by atoms with Crippen LogP contribution in [0.5, 0.6) is 0 Å². The molecule has 0 spiro atoms. The van der Waals surface area contributed by atoms with E-state index in [1.54, 1.807) is 0 Å². The van der Waals surface area contributed by atoms with Gasteiger partial charge in [0.2, 0.25) is 10.0 Å². The first-order valence-corrected chi connectivity index (χ1v) is 9.26. The van der Waals surface area contributed by atoms with E-state index in [0.717, 1.165) is 25.7 Å². The van der Waals surface area contributed by atoms with Crippen LogP contribution in [0.15, 0.2) is 20.0 Å². The zero-order valence-corrected chi connectivity index (χ0v) is 14.0. The summed E-state index contributed by atoms with van der Waals surface area (Å²) in [6, 6.07) is 1.50. The van der Waals surface area contributed by atoms with Gasteiger partial charge in [0.25, 0.3) is 0 Å². The van der Waals surface area contributed by atoms with Gasteiger partial charge in [-0.05, 0) is 34.7 Å². The van der Waals surface area contributed by atoms with Crippen molar-refractivity contribution in [2.24, 2.45) is 11.7 Å². The molecule has 2 atom stereocenters. The first kappa shape index (κ1) is 16.0. The maximum absolute atomic E-state index is 12.5. The molecule has 114 valence electrons. The second-order valence-corrected chi connectivity index (χ2v) is 7.64. The number of halogens is 1. The molecule has 0 aromatic carbocycles. The molecule has 3 N–H and O–H groups in total. The highest BCUT2D eigenvalue weighted by Crippen LogP contribution is 2.30. The van der Waals surface area contributed by atoms with E-state index < -0.39 is 10.0 Å². The minimum absolute atomic E-state index is 0.0156. The summed E-state index contributed by atoms with van der Waals surface area (Å²) >= 11 is 3.15. The molecule has 7 heteroatoms. The van der Waals surface area contributed by atoms with Crippen LogP contribution in [0.25, 0.3) is 0 Å². The van der Waals surface area contributed by atoms with Crippen molar-refractivity contribution in [3.8, 4) is 0 Å². The summed E-state index contributed by atoms with van der Waals surface area (Å²) < 4.78 is 33.3. The number of sulfonamides is 1. The number of hydrogen-bond acceptors (Lipinski definition) is 4. The van der Waals surface area contributed by atoms with Crippen LogP contribution in [0.1, 0.15) is 44.8 Å². The number of hydrogen-bond donors (Lipinski definition) is 2. The van der Waals surface area contributed by atoms with E-state index in [1.165, 1.54) is 12.5 Å². The maximum Gasteiger partial charge on any atom is 0.245 e. The van der Waals surface area contributed by atoms with Crippen LogP contribution in [0.4, 0.5) is 0 Å². The molecule has 5 nitrogen and oxygen atoms in total. The molecular weight excluding hydrogens is 344 g/mol. The van der Waals surface area contributed by atoms with Gasteiger partial charge in [-0.25, -0.2) is 13.1 Å². The van der Waals surface area contributed by atoms with E-state index >= 15 is 0 Å². The number of nitrogens with one attached hydrogen (secondary N) is 1. The standard InChI is InChI=1S/C13H21BrN2O3S/c1-2-9-5-3-4-6-11(9)16-20(17,18)12-7-10(8-15)19-13(12)14/h7,9,11,16H,2-6,8,15H2,1H3. The molecule has 1 aliphatic rings. The second-order valence-electron chi connectivity index (χ2n) is 5.24. The fraction of sp³-hybridized carbons (Fsp3) is 0.692. The predicted octanol–water partition coefficient (Wildman–Crippen LogP) is 2.75. The third-order valence-electron chi connectivity index (χ3n) is 3.94. The Morgan fingerprint density at radius 2 is 2.15 bits per heavy atom. The Kier molecular flexibility index (Phi) is 5.28. The molecule has 0 saturated heterocycles. The molecule has 20 heavy (non-hydrogen) atoms. The van der Waals surface area contributed by atoms with Crippen LogP contribution in [-0.2, 0) is 16.6 Å². The Labute approximate surface area is 128 Å².